The molecule has 0 saturated heterocycles. The Kier molecular flexibility index (Phi) is 2.87. The molecule has 1 amide bonds. The third-order valence-electron chi connectivity index (χ3n) is 4.18. The number of amides is 1. The molecule has 17 heavy (non-hydrogen) atoms. The van der Waals surface area contributed by atoms with Crippen molar-refractivity contribution in [2.24, 2.45) is 5.92 Å². The summed E-state index contributed by atoms with van der Waals surface area (Å²) in [6.45, 7) is 0. The Morgan fingerprint density at radius 1 is 1.12 bits per heavy atom. The second kappa shape index (κ2) is 4.52. The molecule has 2 aliphatic carbocycles. The molecule has 1 unspecified atom stereocenters. The molecule has 1 aromatic carbocycles. The standard InChI is InChI=1S/C15H19NO/c17-15(12-6-1-2-7-12)16-14-10-9-11-5-3-4-8-13(11)14/h3-5,8,12,14H,1-2,6-7,9-10H2,(H,16,17). The number of nitrogens with one attached hydrogen (secondary N) is 1. The molecule has 0 heterocycles. The van der Waals surface area contributed by atoms with E-state index in [1.54, 1.807) is 0 Å². The molecule has 90 valence electrons. The van der Waals surface area contributed by atoms with Crippen molar-refractivity contribution in [3.8, 4) is 0 Å². The highest BCUT2D eigenvalue weighted by atomic mass is 16.1. The highest BCUT2D eigenvalue weighted by Crippen LogP contribution is 2.32. The molecule has 0 aliphatic heterocycles. The summed E-state index contributed by atoms with van der Waals surface area (Å²) in [7, 11) is 0. The second-order valence-electron chi connectivity index (χ2n) is 5.28. The zero-order valence-electron chi connectivity index (χ0n) is 10.1. The van der Waals surface area contributed by atoms with E-state index in [1.165, 1.54) is 24.0 Å². The summed E-state index contributed by atoms with van der Waals surface area (Å²) in [6.07, 6.45) is 6.78. The number of rotatable bonds is 2. The van der Waals surface area contributed by atoms with E-state index >= 15 is 0 Å². The average molecular weight is 229 g/mol. The number of benzene rings is 1. The quantitative estimate of drug-likeness (QED) is 0.830. The lowest BCUT2D eigenvalue weighted by Gasteiger charge is -2.17. The third-order valence-corrected chi connectivity index (χ3v) is 4.18. The summed E-state index contributed by atoms with van der Waals surface area (Å²) >= 11 is 0. The van der Waals surface area contributed by atoms with E-state index in [1.807, 2.05) is 0 Å². The smallest absolute Gasteiger partial charge is 0.223 e. The topological polar surface area (TPSA) is 29.1 Å². The van der Waals surface area contributed by atoms with Crippen LogP contribution in [-0.4, -0.2) is 5.91 Å². The fourth-order valence-corrected chi connectivity index (χ4v) is 3.18. The summed E-state index contributed by atoms with van der Waals surface area (Å²) in [6, 6.07) is 8.75. The lowest BCUT2D eigenvalue weighted by atomic mass is 10.0. The van der Waals surface area contributed by atoms with E-state index in [0.29, 0.717) is 0 Å². The predicted molar refractivity (Wildman–Crippen MR) is 67.6 cm³/mol. The molecule has 3 rings (SSSR count). The Morgan fingerprint density at radius 3 is 2.71 bits per heavy atom. The van der Waals surface area contributed by atoms with E-state index < -0.39 is 0 Å². The van der Waals surface area contributed by atoms with Gasteiger partial charge in [0.05, 0.1) is 6.04 Å². The molecule has 0 radical (unpaired) electrons. The van der Waals surface area contributed by atoms with E-state index in [0.717, 1.165) is 25.7 Å². The zero-order chi connectivity index (χ0) is 11.7. The summed E-state index contributed by atoms with van der Waals surface area (Å²) in [5.41, 5.74) is 2.74. The molecule has 1 atom stereocenters. The highest BCUT2D eigenvalue weighted by molar-refractivity contribution is 5.79. The second-order valence-corrected chi connectivity index (χ2v) is 5.28. The van der Waals surface area contributed by atoms with Gasteiger partial charge in [-0.05, 0) is 36.8 Å². The van der Waals surface area contributed by atoms with Crippen molar-refractivity contribution in [1.29, 1.82) is 0 Å². The van der Waals surface area contributed by atoms with Crippen LogP contribution in [-0.2, 0) is 11.2 Å². The van der Waals surface area contributed by atoms with Gasteiger partial charge >= 0.3 is 0 Å². The lowest BCUT2D eigenvalue weighted by molar-refractivity contribution is -0.125. The largest absolute Gasteiger partial charge is 0.349 e. The molecule has 2 nitrogen and oxygen atoms in total. The van der Waals surface area contributed by atoms with Gasteiger partial charge in [-0.1, -0.05) is 37.1 Å². The summed E-state index contributed by atoms with van der Waals surface area (Å²) < 4.78 is 0. The van der Waals surface area contributed by atoms with Crippen LogP contribution >= 0.6 is 0 Å². The normalized spacial score (nSPS) is 23.6. The maximum atomic E-state index is 12.1. The van der Waals surface area contributed by atoms with Gasteiger partial charge in [0, 0.05) is 5.92 Å². The third kappa shape index (κ3) is 2.08. The maximum absolute atomic E-state index is 12.1. The van der Waals surface area contributed by atoms with Gasteiger partial charge in [-0.25, -0.2) is 0 Å². The average Bonchev–Trinajstić information content (AvgIpc) is 2.98. The summed E-state index contributed by atoms with van der Waals surface area (Å²) in [5, 5.41) is 3.24. The van der Waals surface area contributed by atoms with Gasteiger partial charge < -0.3 is 5.32 Å². The first-order chi connectivity index (χ1) is 8.34. The van der Waals surface area contributed by atoms with E-state index in [4.69, 9.17) is 0 Å². The van der Waals surface area contributed by atoms with Crippen LogP contribution in [0.2, 0.25) is 0 Å². The van der Waals surface area contributed by atoms with Crippen LogP contribution in [0.5, 0.6) is 0 Å². The molecular weight excluding hydrogens is 210 g/mol. The van der Waals surface area contributed by atoms with Crippen LogP contribution in [0.25, 0.3) is 0 Å². The SMILES string of the molecule is O=C(NC1CCc2ccccc21)C1CCCC1. The summed E-state index contributed by atoms with van der Waals surface area (Å²) in [4.78, 5) is 12.1. The molecule has 1 aromatic rings. The fourth-order valence-electron chi connectivity index (χ4n) is 3.18. The van der Waals surface area contributed by atoms with Gasteiger partial charge in [0.2, 0.25) is 5.91 Å². The van der Waals surface area contributed by atoms with Crippen molar-refractivity contribution in [2.75, 3.05) is 0 Å². The molecule has 2 heteroatoms. The molecule has 0 bridgehead atoms. The van der Waals surface area contributed by atoms with Crippen LogP contribution < -0.4 is 5.32 Å². The minimum atomic E-state index is 0.263. The number of aryl methyl sites for hydroxylation is 1. The van der Waals surface area contributed by atoms with Gasteiger partial charge in [0.25, 0.3) is 0 Å². The Balaban J connectivity index is 1.68. The minimum absolute atomic E-state index is 0.263. The summed E-state index contributed by atoms with van der Waals surface area (Å²) in [5.74, 6) is 0.562. The van der Waals surface area contributed by atoms with Crippen LogP contribution in [0.1, 0.15) is 49.3 Å². The Bertz CT molecular complexity index is 421. The Hall–Kier alpha value is -1.31. The molecule has 0 spiro atoms. The number of carbonyl (C=O) groups is 1. The van der Waals surface area contributed by atoms with Gasteiger partial charge in [0.1, 0.15) is 0 Å². The van der Waals surface area contributed by atoms with Crippen molar-refractivity contribution in [3.05, 3.63) is 35.4 Å². The van der Waals surface area contributed by atoms with Crippen LogP contribution in [0.3, 0.4) is 0 Å². The van der Waals surface area contributed by atoms with Crippen LogP contribution in [0, 0.1) is 5.92 Å². The monoisotopic (exact) mass is 229 g/mol. The van der Waals surface area contributed by atoms with E-state index in [9.17, 15) is 4.79 Å². The molecular formula is C15H19NO. The van der Waals surface area contributed by atoms with E-state index in [-0.39, 0.29) is 17.9 Å². The van der Waals surface area contributed by atoms with Crippen molar-refractivity contribution in [2.45, 2.75) is 44.6 Å². The van der Waals surface area contributed by atoms with E-state index in [2.05, 4.69) is 29.6 Å². The minimum Gasteiger partial charge on any atom is -0.349 e. The first-order valence-corrected chi connectivity index (χ1v) is 6.73. The molecule has 0 aromatic heterocycles. The zero-order valence-corrected chi connectivity index (χ0v) is 10.1. The van der Waals surface area contributed by atoms with Gasteiger partial charge in [0.15, 0.2) is 0 Å². The number of hydrogen-bond donors (Lipinski definition) is 1. The van der Waals surface area contributed by atoms with Crippen molar-refractivity contribution < 1.29 is 4.79 Å². The van der Waals surface area contributed by atoms with Crippen molar-refractivity contribution in [1.82, 2.24) is 5.32 Å². The fraction of sp³-hybridized carbons (Fsp3) is 0.533. The van der Waals surface area contributed by atoms with Crippen LogP contribution in [0.15, 0.2) is 24.3 Å². The number of carbonyl (C=O) groups excluding carboxylic acids is 1. The van der Waals surface area contributed by atoms with Crippen LogP contribution in [0.4, 0.5) is 0 Å². The molecule has 1 fully saturated rings. The number of fused-ring (bicyclic) bond motifs is 1. The van der Waals surface area contributed by atoms with Gasteiger partial charge in [-0.2, -0.15) is 0 Å². The maximum Gasteiger partial charge on any atom is 0.223 e. The lowest BCUT2D eigenvalue weighted by Crippen LogP contribution is -2.31. The Morgan fingerprint density at radius 2 is 1.88 bits per heavy atom. The molecule has 2 aliphatic rings. The number of hydrogen-bond acceptors (Lipinski definition) is 1. The molecule has 1 saturated carbocycles. The first kappa shape index (κ1) is 10.8. The van der Waals surface area contributed by atoms with Gasteiger partial charge in [-0.15, -0.1) is 0 Å². The van der Waals surface area contributed by atoms with Crippen molar-refractivity contribution >= 4 is 5.91 Å². The molecule has 1 N–H and O–H groups in total. The van der Waals surface area contributed by atoms with Gasteiger partial charge in [-0.3, -0.25) is 4.79 Å². The van der Waals surface area contributed by atoms with Crippen molar-refractivity contribution in [3.63, 3.8) is 0 Å². The highest BCUT2D eigenvalue weighted by Gasteiger charge is 2.28. The Labute approximate surface area is 102 Å². The predicted octanol–water partition coefficient (Wildman–Crippen LogP) is 2.98. The first-order valence-electron chi connectivity index (χ1n) is 6.73.